The van der Waals surface area contributed by atoms with Crippen LogP contribution in [0.4, 0.5) is 5.69 Å². The summed E-state index contributed by atoms with van der Waals surface area (Å²) >= 11 is 6.22. The summed E-state index contributed by atoms with van der Waals surface area (Å²) in [6, 6.07) is 6.42. The quantitative estimate of drug-likeness (QED) is 0.720. The number of hydrogen-bond acceptors (Lipinski definition) is 2. The molecule has 112 valence electrons. The Morgan fingerprint density at radius 2 is 1.80 bits per heavy atom. The lowest BCUT2D eigenvalue weighted by atomic mass is 10.1. The minimum atomic E-state index is 0.879. The summed E-state index contributed by atoms with van der Waals surface area (Å²) in [5.74, 6) is 0. The fraction of sp³-hybridized carbons (Fsp3) is 0.647. The Kier molecular flexibility index (Phi) is 6.18. The SMILES string of the molecule is CCCCCCN1CCN(c2ccc(C)c(Cl)c2)CC1. The molecule has 1 aliphatic heterocycles. The monoisotopic (exact) mass is 294 g/mol. The molecule has 0 atom stereocenters. The Bertz CT molecular complexity index is 411. The third-order valence-corrected chi connectivity index (χ3v) is 4.63. The summed E-state index contributed by atoms with van der Waals surface area (Å²) < 4.78 is 0. The summed E-state index contributed by atoms with van der Waals surface area (Å²) in [7, 11) is 0. The number of rotatable bonds is 6. The van der Waals surface area contributed by atoms with Crippen LogP contribution in [0.15, 0.2) is 18.2 Å². The molecule has 1 aliphatic rings. The van der Waals surface area contributed by atoms with Gasteiger partial charge in [0, 0.05) is 36.9 Å². The minimum Gasteiger partial charge on any atom is -0.369 e. The first kappa shape index (κ1) is 15.7. The molecule has 0 aromatic heterocycles. The summed E-state index contributed by atoms with van der Waals surface area (Å²) in [6.45, 7) is 10.2. The zero-order valence-electron chi connectivity index (χ0n) is 12.9. The van der Waals surface area contributed by atoms with Crippen molar-refractivity contribution < 1.29 is 0 Å². The lowest BCUT2D eigenvalue weighted by molar-refractivity contribution is 0.252. The number of hydrogen-bond donors (Lipinski definition) is 0. The standard InChI is InChI=1S/C17H27ClN2/c1-3-4-5-6-9-19-10-12-20(13-11-19)16-8-7-15(2)17(18)14-16/h7-8,14H,3-6,9-13H2,1-2H3. The zero-order valence-corrected chi connectivity index (χ0v) is 13.6. The largest absolute Gasteiger partial charge is 0.369 e. The maximum Gasteiger partial charge on any atom is 0.0455 e. The molecule has 2 rings (SSSR count). The highest BCUT2D eigenvalue weighted by molar-refractivity contribution is 6.31. The Morgan fingerprint density at radius 3 is 2.45 bits per heavy atom. The topological polar surface area (TPSA) is 6.48 Å². The highest BCUT2D eigenvalue weighted by Crippen LogP contribution is 2.24. The molecule has 0 bridgehead atoms. The van der Waals surface area contributed by atoms with Crippen LogP contribution in [0.1, 0.15) is 38.2 Å². The second-order valence-corrected chi connectivity index (χ2v) is 6.23. The van der Waals surface area contributed by atoms with E-state index in [2.05, 4.69) is 41.8 Å². The van der Waals surface area contributed by atoms with Crippen LogP contribution in [-0.4, -0.2) is 37.6 Å². The minimum absolute atomic E-state index is 0.879. The van der Waals surface area contributed by atoms with Crippen LogP contribution in [0, 0.1) is 6.92 Å². The van der Waals surface area contributed by atoms with Crippen molar-refractivity contribution in [3.63, 3.8) is 0 Å². The molecule has 0 unspecified atom stereocenters. The van der Waals surface area contributed by atoms with Gasteiger partial charge in [-0.15, -0.1) is 0 Å². The van der Waals surface area contributed by atoms with Gasteiger partial charge in [-0.1, -0.05) is 43.9 Å². The number of benzene rings is 1. The van der Waals surface area contributed by atoms with E-state index in [9.17, 15) is 0 Å². The highest BCUT2D eigenvalue weighted by Gasteiger charge is 2.17. The van der Waals surface area contributed by atoms with Gasteiger partial charge in [0.2, 0.25) is 0 Å². The number of aryl methyl sites for hydroxylation is 1. The van der Waals surface area contributed by atoms with Gasteiger partial charge >= 0.3 is 0 Å². The Labute approximate surface area is 128 Å². The first-order chi connectivity index (χ1) is 9.70. The van der Waals surface area contributed by atoms with Gasteiger partial charge in [-0.05, 0) is 37.6 Å². The molecule has 0 N–H and O–H groups in total. The van der Waals surface area contributed by atoms with Crippen molar-refractivity contribution in [3.05, 3.63) is 28.8 Å². The van der Waals surface area contributed by atoms with Gasteiger partial charge in [-0.25, -0.2) is 0 Å². The normalized spacial score (nSPS) is 16.6. The van der Waals surface area contributed by atoms with E-state index in [1.54, 1.807) is 0 Å². The molecule has 3 heteroatoms. The molecule has 20 heavy (non-hydrogen) atoms. The summed E-state index contributed by atoms with van der Waals surface area (Å²) in [6.07, 6.45) is 5.43. The molecule has 0 spiro atoms. The van der Waals surface area contributed by atoms with Crippen molar-refractivity contribution in [3.8, 4) is 0 Å². The molecule has 1 aromatic carbocycles. The maximum absolute atomic E-state index is 6.22. The molecule has 0 aliphatic carbocycles. The van der Waals surface area contributed by atoms with Crippen LogP contribution in [0.5, 0.6) is 0 Å². The van der Waals surface area contributed by atoms with E-state index in [1.165, 1.54) is 51.0 Å². The number of piperazine rings is 1. The van der Waals surface area contributed by atoms with Gasteiger partial charge in [0.25, 0.3) is 0 Å². The van der Waals surface area contributed by atoms with Gasteiger partial charge in [0.15, 0.2) is 0 Å². The van der Waals surface area contributed by atoms with Crippen molar-refractivity contribution >= 4 is 17.3 Å². The third kappa shape index (κ3) is 4.39. The number of anilines is 1. The van der Waals surface area contributed by atoms with Gasteiger partial charge in [-0.2, -0.15) is 0 Å². The fourth-order valence-electron chi connectivity index (χ4n) is 2.77. The van der Waals surface area contributed by atoms with E-state index < -0.39 is 0 Å². The zero-order chi connectivity index (χ0) is 14.4. The molecule has 1 fully saturated rings. The molecule has 1 saturated heterocycles. The second-order valence-electron chi connectivity index (χ2n) is 5.82. The van der Waals surface area contributed by atoms with E-state index >= 15 is 0 Å². The number of halogens is 1. The van der Waals surface area contributed by atoms with Gasteiger partial charge in [0.05, 0.1) is 0 Å². The van der Waals surface area contributed by atoms with Crippen LogP contribution in [0.25, 0.3) is 0 Å². The predicted molar refractivity (Wildman–Crippen MR) is 89.0 cm³/mol. The molecule has 0 saturated carbocycles. The molecule has 0 radical (unpaired) electrons. The summed E-state index contributed by atoms with van der Waals surface area (Å²) in [4.78, 5) is 5.05. The Hall–Kier alpha value is -0.730. The van der Waals surface area contributed by atoms with Gasteiger partial charge < -0.3 is 4.90 Å². The summed E-state index contributed by atoms with van der Waals surface area (Å²) in [5.41, 5.74) is 2.43. The fourth-order valence-corrected chi connectivity index (χ4v) is 2.95. The van der Waals surface area contributed by atoms with Crippen molar-refractivity contribution in [2.45, 2.75) is 39.5 Å². The van der Waals surface area contributed by atoms with E-state index in [0.717, 1.165) is 23.7 Å². The van der Waals surface area contributed by atoms with Gasteiger partial charge in [0.1, 0.15) is 0 Å². The molecule has 1 aromatic rings. The average Bonchev–Trinajstić information content (AvgIpc) is 2.47. The first-order valence-electron chi connectivity index (χ1n) is 7.94. The van der Waals surface area contributed by atoms with Crippen LogP contribution < -0.4 is 4.90 Å². The molecule has 2 nitrogen and oxygen atoms in total. The lowest BCUT2D eigenvalue weighted by Crippen LogP contribution is -2.46. The average molecular weight is 295 g/mol. The smallest absolute Gasteiger partial charge is 0.0455 e. The second kappa shape index (κ2) is 7.90. The molecule has 0 amide bonds. The van der Waals surface area contributed by atoms with E-state index in [1.807, 2.05) is 0 Å². The molecular weight excluding hydrogens is 268 g/mol. The Morgan fingerprint density at radius 1 is 1.05 bits per heavy atom. The van der Waals surface area contributed by atoms with Crippen molar-refractivity contribution in [1.29, 1.82) is 0 Å². The van der Waals surface area contributed by atoms with Crippen molar-refractivity contribution in [2.24, 2.45) is 0 Å². The molecule has 1 heterocycles. The van der Waals surface area contributed by atoms with Crippen molar-refractivity contribution in [1.82, 2.24) is 4.90 Å². The number of nitrogens with zero attached hydrogens (tertiary/aromatic N) is 2. The van der Waals surface area contributed by atoms with Crippen LogP contribution in [0.2, 0.25) is 5.02 Å². The molecular formula is C17H27ClN2. The van der Waals surface area contributed by atoms with Crippen molar-refractivity contribution in [2.75, 3.05) is 37.6 Å². The first-order valence-corrected chi connectivity index (χ1v) is 8.32. The lowest BCUT2D eigenvalue weighted by Gasteiger charge is -2.36. The van der Waals surface area contributed by atoms with Crippen LogP contribution >= 0.6 is 11.6 Å². The van der Waals surface area contributed by atoms with Crippen LogP contribution in [-0.2, 0) is 0 Å². The van der Waals surface area contributed by atoms with E-state index in [0.29, 0.717) is 0 Å². The predicted octanol–water partition coefficient (Wildman–Crippen LogP) is 4.35. The Balaban J connectivity index is 1.77. The highest BCUT2D eigenvalue weighted by atomic mass is 35.5. The summed E-state index contributed by atoms with van der Waals surface area (Å²) in [5, 5.41) is 0.879. The van der Waals surface area contributed by atoms with E-state index in [-0.39, 0.29) is 0 Å². The third-order valence-electron chi connectivity index (χ3n) is 4.22. The maximum atomic E-state index is 6.22. The van der Waals surface area contributed by atoms with E-state index in [4.69, 9.17) is 11.6 Å². The van der Waals surface area contributed by atoms with Gasteiger partial charge in [-0.3, -0.25) is 4.90 Å². The number of unbranched alkanes of at least 4 members (excludes halogenated alkanes) is 3. The van der Waals surface area contributed by atoms with Crippen LogP contribution in [0.3, 0.4) is 0 Å².